The fraction of sp³-hybridized carbons (Fsp3) is 0.882. The molecule has 0 aliphatic carbocycles. The first kappa shape index (κ1) is 17.3. The van der Waals surface area contributed by atoms with Crippen LogP contribution in [-0.2, 0) is 9.59 Å². The summed E-state index contributed by atoms with van der Waals surface area (Å²) in [6.07, 6.45) is 5.32. The number of carbonyl (C=O) groups is 2. The Labute approximate surface area is 134 Å². The monoisotopic (exact) mass is 309 g/mol. The van der Waals surface area contributed by atoms with Crippen LogP contribution in [0.15, 0.2) is 0 Å². The van der Waals surface area contributed by atoms with Gasteiger partial charge < -0.3 is 15.5 Å². The number of likely N-dealkylation sites (tertiary alicyclic amines) is 2. The molecule has 2 saturated heterocycles. The van der Waals surface area contributed by atoms with E-state index in [4.69, 9.17) is 5.73 Å². The Bertz CT molecular complexity index is 389. The van der Waals surface area contributed by atoms with E-state index in [-0.39, 0.29) is 17.9 Å². The topological polar surface area (TPSA) is 66.6 Å². The fourth-order valence-electron chi connectivity index (χ4n) is 3.56. The molecule has 2 N–H and O–H groups in total. The first-order valence-corrected chi connectivity index (χ1v) is 8.81. The zero-order valence-corrected chi connectivity index (χ0v) is 14.1. The van der Waals surface area contributed by atoms with Crippen LogP contribution in [0.3, 0.4) is 0 Å². The van der Waals surface area contributed by atoms with Gasteiger partial charge in [-0.3, -0.25) is 9.59 Å². The van der Waals surface area contributed by atoms with Crippen LogP contribution in [0.25, 0.3) is 0 Å². The smallest absolute Gasteiger partial charge is 0.245 e. The molecule has 0 aromatic carbocycles. The maximum atomic E-state index is 13.0. The number of hydrogen-bond acceptors (Lipinski definition) is 3. The number of rotatable bonds is 5. The number of hydrogen-bond donors (Lipinski definition) is 1. The molecule has 5 heteroatoms. The lowest BCUT2D eigenvalue weighted by atomic mass is 9.94. The SMILES string of the molecule is CC(C)CC(C(=O)N1CCC(CN)CC1)N1CCCCC1=O. The average molecular weight is 309 g/mol. The van der Waals surface area contributed by atoms with Crippen molar-refractivity contribution in [3.05, 3.63) is 0 Å². The highest BCUT2D eigenvalue weighted by Crippen LogP contribution is 2.23. The maximum Gasteiger partial charge on any atom is 0.245 e. The second-order valence-electron chi connectivity index (χ2n) is 7.19. The lowest BCUT2D eigenvalue weighted by Crippen LogP contribution is -2.54. The highest BCUT2D eigenvalue weighted by atomic mass is 16.2. The molecule has 1 unspecified atom stereocenters. The standard InChI is InChI=1S/C17H31N3O2/c1-13(2)11-15(20-8-4-3-5-16(20)21)17(22)19-9-6-14(12-18)7-10-19/h13-15H,3-12,18H2,1-2H3. The van der Waals surface area contributed by atoms with Gasteiger partial charge in [0.15, 0.2) is 0 Å². The van der Waals surface area contributed by atoms with Crippen molar-refractivity contribution < 1.29 is 9.59 Å². The molecular weight excluding hydrogens is 278 g/mol. The van der Waals surface area contributed by atoms with Crippen LogP contribution in [0.2, 0.25) is 0 Å². The molecule has 0 bridgehead atoms. The van der Waals surface area contributed by atoms with Gasteiger partial charge in [0.1, 0.15) is 6.04 Å². The summed E-state index contributed by atoms with van der Waals surface area (Å²) in [5.41, 5.74) is 5.73. The first-order valence-electron chi connectivity index (χ1n) is 8.81. The Hall–Kier alpha value is -1.10. The van der Waals surface area contributed by atoms with Crippen LogP contribution < -0.4 is 5.73 Å². The second-order valence-corrected chi connectivity index (χ2v) is 7.19. The number of nitrogens with two attached hydrogens (primary N) is 1. The van der Waals surface area contributed by atoms with E-state index in [0.29, 0.717) is 24.8 Å². The molecule has 1 atom stereocenters. The van der Waals surface area contributed by atoms with Gasteiger partial charge in [0, 0.05) is 26.1 Å². The van der Waals surface area contributed by atoms with Crippen LogP contribution in [0.5, 0.6) is 0 Å². The van der Waals surface area contributed by atoms with Crippen molar-refractivity contribution in [2.45, 2.75) is 58.4 Å². The van der Waals surface area contributed by atoms with E-state index in [1.54, 1.807) is 0 Å². The summed E-state index contributed by atoms with van der Waals surface area (Å²) in [4.78, 5) is 29.0. The molecular formula is C17H31N3O2. The summed E-state index contributed by atoms with van der Waals surface area (Å²) >= 11 is 0. The van der Waals surface area contributed by atoms with Crippen LogP contribution >= 0.6 is 0 Å². The minimum absolute atomic E-state index is 0.152. The highest BCUT2D eigenvalue weighted by Gasteiger charge is 2.35. The summed E-state index contributed by atoms with van der Waals surface area (Å²) < 4.78 is 0. The third-order valence-electron chi connectivity index (χ3n) is 4.98. The maximum absolute atomic E-state index is 13.0. The van der Waals surface area contributed by atoms with Crippen molar-refractivity contribution in [2.24, 2.45) is 17.6 Å². The van der Waals surface area contributed by atoms with E-state index in [9.17, 15) is 9.59 Å². The Balaban J connectivity index is 2.04. The van der Waals surface area contributed by atoms with Gasteiger partial charge in [0.05, 0.1) is 0 Å². The van der Waals surface area contributed by atoms with Gasteiger partial charge in [-0.15, -0.1) is 0 Å². The fourth-order valence-corrected chi connectivity index (χ4v) is 3.56. The van der Waals surface area contributed by atoms with Crippen molar-refractivity contribution in [3.8, 4) is 0 Å². The van der Waals surface area contributed by atoms with Crippen molar-refractivity contribution in [1.82, 2.24) is 9.80 Å². The van der Waals surface area contributed by atoms with Gasteiger partial charge >= 0.3 is 0 Å². The lowest BCUT2D eigenvalue weighted by molar-refractivity contribution is -0.149. The number of nitrogens with zero attached hydrogens (tertiary/aromatic N) is 2. The zero-order valence-electron chi connectivity index (χ0n) is 14.1. The van der Waals surface area contributed by atoms with Crippen LogP contribution in [0, 0.1) is 11.8 Å². The van der Waals surface area contributed by atoms with E-state index in [1.807, 2.05) is 9.80 Å². The molecule has 126 valence electrons. The van der Waals surface area contributed by atoms with E-state index in [1.165, 1.54) is 0 Å². The normalized spacial score (nSPS) is 22.3. The molecule has 2 aliphatic rings. The molecule has 5 nitrogen and oxygen atoms in total. The van der Waals surface area contributed by atoms with Gasteiger partial charge in [-0.1, -0.05) is 13.8 Å². The zero-order chi connectivity index (χ0) is 16.1. The van der Waals surface area contributed by atoms with Gasteiger partial charge in [0.2, 0.25) is 11.8 Å². The van der Waals surface area contributed by atoms with E-state index >= 15 is 0 Å². The Morgan fingerprint density at radius 3 is 2.45 bits per heavy atom. The van der Waals surface area contributed by atoms with Crippen molar-refractivity contribution >= 4 is 11.8 Å². The number of carbonyl (C=O) groups excluding carboxylic acids is 2. The van der Waals surface area contributed by atoms with E-state index in [2.05, 4.69) is 13.8 Å². The van der Waals surface area contributed by atoms with Crippen LogP contribution in [0.4, 0.5) is 0 Å². The quantitative estimate of drug-likeness (QED) is 0.839. The summed E-state index contributed by atoms with van der Waals surface area (Å²) in [6, 6.07) is -0.262. The van der Waals surface area contributed by atoms with Crippen molar-refractivity contribution in [1.29, 1.82) is 0 Å². The molecule has 0 radical (unpaired) electrons. The molecule has 0 aromatic rings. The molecule has 2 aliphatic heterocycles. The van der Waals surface area contributed by atoms with Crippen LogP contribution in [-0.4, -0.2) is 53.8 Å². The second kappa shape index (κ2) is 7.95. The van der Waals surface area contributed by atoms with Gasteiger partial charge in [-0.2, -0.15) is 0 Å². The molecule has 0 saturated carbocycles. The highest BCUT2D eigenvalue weighted by molar-refractivity contribution is 5.88. The van der Waals surface area contributed by atoms with Crippen molar-refractivity contribution in [2.75, 3.05) is 26.2 Å². The van der Waals surface area contributed by atoms with Crippen LogP contribution in [0.1, 0.15) is 52.4 Å². The van der Waals surface area contributed by atoms with Gasteiger partial charge in [-0.25, -0.2) is 0 Å². The number of piperidine rings is 2. The van der Waals surface area contributed by atoms with E-state index < -0.39 is 0 Å². The lowest BCUT2D eigenvalue weighted by Gasteiger charge is -2.39. The molecule has 0 aromatic heterocycles. The van der Waals surface area contributed by atoms with Gasteiger partial charge in [0.25, 0.3) is 0 Å². The van der Waals surface area contributed by atoms with E-state index in [0.717, 1.165) is 51.7 Å². The third kappa shape index (κ3) is 4.22. The molecule has 2 rings (SSSR count). The van der Waals surface area contributed by atoms with Gasteiger partial charge in [-0.05, 0) is 50.5 Å². The Morgan fingerprint density at radius 1 is 1.23 bits per heavy atom. The predicted octanol–water partition coefficient (Wildman–Crippen LogP) is 1.61. The number of amides is 2. The molecule has 2 amide bonds. The molecule has 22 heavy (non-hydrogen) atoms. The first-order chi connectivity index (χ1) is 10.5. The predicted molar refractivity (Wildman–Crippen MR) is 87.2 cm³/mol. The van der Waals surface area contributed by atoms with Crippen molar-refractivity contribution in [3.63, 3.8) is 0 Å². The molecule has 0 spiro atoms. The summed E-state index contributed by atoms with van der Waals surface area (Å²) in [7, 11) is 0. The third-order valence-corrected chi connectivity index (χ3v) is 4.98. The summed E-state index contributed by atoms with van der Waals surface area (Å²) in [6.45, 7) is 7.27. The minimum atomic E-state index is -0.262. The average Bonchev–Trinajstić information content (AvgIpc) is 2.52. The summed E-state index contributed by atoms with van der Waals surface area (Å²) in [5.74, 6) is 1.26. The molecule has 2 heterocycles. The minimum Gasteiger partial charge on any atom is -0.341 e. The largest absolute Gasteiger partial charge is 0.341 e. The Morgan fingerprint density at radius 2 is 1.91 bits per heavy atom. The molecule has 2 fully saturated rings. The Kier molecular flexibility index (Phi) is 6.24. The summed E-state index contributed by atoms with van der Waals surface area (Å²) in [5, 5.41) is 0.